The molecule has 0 unspecified atom stereocenters. The lowest BCUT2D eigenvalue weighted by molar-refractivity contribution is 0.0933. The summed E-state index contributed by atoms with van der Waals surface area (Å²) in [6, 6.07) is 16.9. The second-order valence-electron chi connectivity index (χ2n) is 7.14. The molecule has 0 radical (unpaired) electrons. The Kier molecular flexibility index (Phi) is 5.28. The number of carbonyl (C=O) groups excluding carboxylic acids is 1. The number of nitrogens with one attached hydrogen (secondary N) is 1. The number of rotatable bonds is 5. The van der Waals surface area contributed by atoms with Gasteiger partial charge in [-0.3, -0.25) is 4.79 Å². The minimum absolute atomic E-state index is 0.0307. The molecule has 1 heterocycles. The molecule has 4 nitrogen and oxygen atoms in total. The molecule has 0 fully saturated rings. The summed E-state index contributed by atoms with van der Waals surface area (Å²) in [5, 5.41) is 3.60. The summed E-state index contributed by atoms with van der Waals surface area (Å²) in [5.41, 5.74) is 0.929. The van der Waals surface area contributed by atoms with Gasteiger partial charge in [0, 0.05) is 16.4 Å². The molecule has 0 bridgehead atoms. The molecule has 2 aromatic carbocycles. The Balaban J connectivity index is 1.70. The first-order valence-corrected chi connectivity index (χ1v) is 9.19. The number of benzene rings is 2. The lowest BCUT2D eigenvalue weighted by atomic mass is 9.85. The van der Waals surface area contributed by atoms with Gasteiger partial charge < -0.3 is 9.73 Å². The normalized spacial score (nSPS) is 11.5. The molecule has 0 aliphatic rings. The van der Waals surface area contributed by atoms with Crippen LogP contribution in [0.1, 0.15) is 29.8 Å². The Morgan fingerprint density at radius 3 is 2.54 bits per heavy atom. The molecular formula is C21H20BrNO3. The summed E-state index contributed by atoms with van der Waals surface area (Å²) in [5.74, 6) is -0.409. The molecule has 5 heteroatoms. The van der Waals surface area contributed by atoms with E-state index in [-0.39, 0.29) is 11.0 Å². The third-order valence-corrected chi connectivity index (χ3v) is 4.74. The van der Waals surface area contributed by atoms with Gasteiger partial charge in [-0.15, -0.1) is 0 Å². The van der Waals surface area contributed by atoms with Crippen molar-refractivity contribution in [3.8, 4) is 0 Å². The summed E-state index contributed by atoms with van der Waals surface area (Å²) in [4.78, 5) is 24.6. The van der Waals surface area contributed by atoms with Crippen LogP contribution in [-0.2, 0) is 6.42 Å². The van der Waals surface area contributed by atoms with Crippen molar-refractivity contribution in [2.24, 2.45) is 5.41 Å². The molecule has 3 aromatic rings. The zero-order valence-electron chi connectivity index (χ0n) is 14.7. The highest BCUT2D eigenvalue weighted by molar-refractivity contribution is 9.10. The number of fused-ring (bicyclic) bond motifs is 1. The van der Waals surface area contributed by atoms with Gasteiger partial charge in [0.15, 0.2) is 0 Å². The van der Waals surface area contributed by atoms with Crippen molar-refractivity contribution in [1.29, 1.82) is 0 Å². The Hall–Kier alpha value is -2.40. The molecule has 26 heavy (non-hydrogen) atoms. The van der Waals surface area contributed by atoms with Gasteiger partial charge in [-0.25, -0.2) is 4.79 Å². The van der Waals surface area contributed by atoms with Crippen molar-refractivity contribution < 1.29 is 9.21 Å². The predicted molar refractivity (Wildman–Crippen MR) is 106 cm³/mol. The van der Waals surface area contributed by atoms with Crippen molar-refractivity contribution >= 4 is 32.8 Å². The molecule has 1 aromatic heterocycles. The van der Waals surface area contributed by atoms with Gasteiger partial charge in [-0.1, -0.05) is 60.1 Å². The molecule has 1 amide bonds. The predicted octanol–water partition coefficient (Wildman–Crippen LogP) is 4.55. The molecule has 0 aliphatic carbocycles. The largest absolute Gasteiger partial charge is 0.422 e. The van der Waals surface area contributed by atoms with Crippen LogP contribution in [0.4, 0.5) is 0 Å². The number of hydrogen-bond acceptors (Lipinski definition) is 3. The average Bonchev–Trinajstić information content (AvgIpc) is 2.61. The summed E-state index contributed by atoms with van der Waals surface area (Å²) in [7, 11) is 0. The quantitative estimate of drug-likeness (QED) is 0.623. The number of halogens is 1. The standard InChI is InChI=1S/C21H20BrNO3/c1-21(2,12-14-7-9-16(22)10-8-14)13-23-19(24)17-11-15-5-3-4-6-18(15)26-20(17)25/h3-11H,12-13H2,1-2H3,(H,23,24). The van der Waals surface area contributed by atoms with Crippen LogP contribution in [0.25, 0.3) is 11.0 Å². The van der Waals surface area contributed by atoms with Gasteiger partial charge in [0.2, 0.25) is 0 Å². The van der Waals surface area contributed by atoms with Gasteiger partial charge in [-0.05, 0) is 41.7 Å². The first-order valence-electron chi connectivity index (χ1n) is 8.40. The van der Waals surface area contributed by atoms with E-state index in [4.69, 9.17) is 4.42 Å². The van der Waals surface area contributed by atoms with E-state index in [2.05, 4.69) is 47.2 Å². The molecule has 134 valence electrons. The van der Waals surface area contributed by atoms with E-state index in [0.717, 1.165) is 16.3 Å². The lowest BCUT2D eigenvalue weighted by Crippen LogP contribution is -2.37. The van der Waals surface area contributed by atoms with Crippen LogP contribution in [-0.4, -0.2) is 12.5 Å². The van der Waals surface area contributed by atoms with Gasteiger partial charge in [-0.2, -0.15) is 0 Å². The third-order valence-electron chi connectivity index (χ3n) is 4.21. The maximum absolute atomic E-state index is 12.5. The van der Waals surface area contributed by atoms with E-state index in [9.17, 15) is 9.59 Å². The highest BCUT2D eigenvalue weighted by Crippen LogP contribution is 2.22. The number of amides is 1. The van der Waals surface area contributed by atoms with Crippen LogP contribution in [0.3, 0.4) is 0 Å². The van der Waals surface area contributed by atoms with E-state index in [1.807, 2.05) is 24.3 Å². The second-order valence-corrected chi connectivity index (χ2v) is 8.05. The Bertz CT molecular complexity index is 990. The Morgan fingerprint density at radius 2 is 1.81 bits per heavy atom. The third kappa shape index (κ3) is 4.41. The maximum Gasteiger partial charge on any atom is 0.349 e. The fourth-order valence-electron chi connectivity index (χ4n) is 2.85. The zero-order chi connectivity index (χ0) is 18.7. The van der Waals surface area contributed by atoms with Crippen LogP contribution >= 0.6 is 15.9 Å². The molecule has 3 rings (SSSR count). The minimum Gasteiger partial charge on any atom is -0.422 e. The van der Waals surface area contributed by atoms with Crippen molar-refractivity contribution in [1.82, 2.24) is 5.32 Å². The van der Waals surface area contributed by atoms with Crippen LogP contribution in [0, 0.1) is 5.41 Å². The fourth-order valence-corrected chi connectivity index (χ4v) is 3.12. The molecule has 0 spiro atoms. The van der Waals surface area contributed by atoms with E-state index in [1.54, 1.807) is 18.2 Å². The van der Waals surface area contributed by atoms with E-state index in [1.165, 1.54) is 5.56 Å². The van der Waals surface area contributed by atoms with E-state index in [0.29, 0.717) is 12.1 Å². The van der Waals surface area contributed by atoms with Crippen molar-refractivity contribution in [3.05, 3.63) is 80.6 Å². The van der Waals surface area contributed by atoms with E-state index < -0.39 is 11.5 Å². The molecule has 0 saturated heterocycles. The molecule has 0 atom stereocenters. The summed E-state index contributed by atoms with van der Waals surface area (Å²) >= 11 is 3.43. The second kappa shape index (κ2) is 7.46. The molecule has 1 N–H and O–H groups in total. The van der Waals surface area contributed by atoms with Crippen LogP contribution in [0.5, 0.6) is 0 Å². The topological polar surface area (TPSA) is 59.3 Å². The number of hydrogen-bond donors (Lipinski definition) is 1. The average molecular weight is 414 g/mol. The number of para-hydroxylation sites is 1. The van der Waals surface area contributed by atoms with Crippen molar-refractivity contribution in [3.63, 3.8) is 0 Å². The Morgan fingerprint density at radius 1 is 1.12 bits per heavy atom. The molecule has 0 saturated carbocycles. The highest BCUT2D eigenvalue weighted by Gasteiger charge is 2.21. The van der Waals surface area contributed by atoms with Gasteiger partial charge in [0.1, 0.15) is 11.1 Å². The first kappa shape index (κ1) is 18.4. The zero-order valence-corrected chi connectivity index (χ0v) is 16.3. The summed E-state index contributed by atoms with van der Waals surface area (Å²) < 4.78 is 6.27. The number of carbonyl (C=O) groups is 1. The van der Waals surface area contributed by atoms with Gasteiger partial charge >= 0.3 is 5.63 Å². The van der Waals surface area contributed by atoms with E-state index >= 15 is 0 Å². The molecular weight excluding hydrogens is 394 g/mol. The summed E-state index contributed by atoms with van der Waals surface area (Å²) in [6.07, 6.45) is 0.812. The SMILES string of the molecule is CC(C)(CNC(=O)c1cc2ccccc2oc1=O)Cc1ccc(Br)cc1. The van der Waals surface area contributed by atoms with Crippen LogP contribution in [0.2, 0.25) is 0 Å². The smallest absolute Gasteiger partial charge is 0.349 e. The van der Waals surface area contributed by atoms with Crippen LogP contribution < -0.4 is 10.9 Å². The minimum atomic E-state index is -0.619. The lowest BCUT2D eigenvalue weighted by Gasteiger charge is -2.25. The molecule has 0 aliphatic heterocycles. The fraction of sp³-hybridized carbons (Fsp3) is 0.238. The van der Waals surface area contributed by atoms with Crippen molar-refractivity contribution in [2.75, 3.05) is 6.54 Å². The van der Waals surface area contributed by atoms with Gasteiger partial charge in [0.05, 0.1) is 0 Å². The van der Waals surface area contributed by atoms with Gasteiger partial charge in [0.25, 0.3) is 5.91 Å². The maximum atomic E-state index is 12.5. The summed E-state index contributed by atoms with van der Waals surface area (Å²) in [6.45, 7) is 4.62. The van der Waals surface area contributed by atoms with Crippen molar-refractivity contribution in [2.45, 2.75) is 20.3 Å². The van der Waals surface area contributed by atoms with Crippen LogP contribution in [0.15, 0.2) is 68.3 Å². The first-order chi connectivity index (χ1) is 12.3. The monoisotopic (exact) mass is 413 g/mol. The highest BCUT2D eigenvalue weighted by atomic mass is 79.9. The Labute approximate surface area is 160 Å².